The summed E-state index contributed by atoms with van der Waals surface area (Å²) in [5.74, 6) is 0.538. The number of para-hydroxylation sites is 1. The van der Waals surface area contributed by atoms with Crippen molar-refractivity contribution in [3.05, 3.63) is 56.7 Å². The molecular weight excluding hydrogens is 312 g/mol. The molecule has 0 radical (unpaired) electrons. The molecule has 2 aromatic rings. The number of hydrogen-bond donors (Lipinski definition) is 0. The van der Waals surface area contributed by atoms with E-state index in [1.54, 1.807) is 36.7 Å². The summed E-state index contributed by atoms with van der Waals surface area (Å²) in [7, 11) is 1.56. The van der Waals surface area contributed by atoms with Crippen LogP contribution in [-0.4, -0.2) is 12.9 Å². The molecule has 0 N–H and O–H groups in total. The number of carbonyl (C=O) groups is 1. The molecule has 0 unspecified atom stereocenters. The standard InChI is InChI=1S/C14H11BrO2S/c1-17-14-5-3-2-4-12(14)13(16)7-6-11-8-10(15)9-18-11/h2-9H,1H3/b7-6+. The molecule has 92 valence electrons. The van der Waals surface area contributed by atoms with Crippen molar-refractivity contribution in [3.63, 3.8) is 0 Å². The predicted octanol–water partition coefficient (Wildman–Crippen LogP) is 4.42. The summed E-state index contributed by atoms with van der Waals surface area (Å²) in [4.78, 5) is 13.1. The number of allylic oxidation sites excluding steroid dienone is 1. The SMILES string of the molecule is COc1ccccc1C(=O)/C=C/c1cc(Br)cs1. The fourth-order valence-corrected chi connectivity index (χ4v) is 2.85. The van der Waals surface area contributed by atoms with Gasteiger partial charge in [-0.1, -0.05) is 12.1 Å². The van der Waals surface area contributed by atoms with Crippen molar-refractivity contribution in [2.24, 2.45) is 0 Å². The number of benzene rings is 1. The lowest BCUT2D eigenvalue weighted by molar-refractivity contribution is 0.104. The predicted molar refractivity (Wildman–Crippen MR) is 78.4 cm³/mol. The Balaban J connectivity index is 2.19. The Kier molecular flexibility index (Phi) is 4.33. The molecule has 0 fully saturated rings. The monoisotopic (exact) mass is 322 g/mol. The van der Waals surface area contributed by atoms with Crippen molar-refractivity contribution < 1.29 is 9.53 Å². The maximum absolute atomic E-state index is 12.0. The van der Waals surface area contributed by atoms with Gasteiger partial charge in [-0.05, 0) is 46.3 Å². The van der Waals surface area contributed by atoms with E-state index in [4.69, 9.17) is 4.74 Å². The first-order valence-corrected chi connectivity index (χ1v) is 6.97. The van der Waals surface area contributed by atoms with Crippen molar-refractivity contribution in [1.29, 1.82) is 0 Å². The molecule has 0 amide bonds. The summed E-state index contributed by atoms with van der Waals surface area (Å²) in [5, 5.41) is 1.98. The fourth-order valence-electron chi connectivity index (χ4n) is 1.51. The van der Waals surface area contributed by atoms with E-state index in [0.29, 0.717) is 11.3 Å². The van der Waals surface area contributed by atoms with E-state index < -0.39 is 0 Å². The lowest BCUT2D eigenvalue weighted by Gasteiger charge is -2.03. The summed E-state index contributed by atoms with van der Waals surface area (Å²) < 4.78 is 6.19. The first kappa shape index (κ1) is 13.1. The molecule has 0 aliphatic heterocycles. The van der Waals surface area contributed by atoms with Gasteiger partial charge in [0.1, 0.15) is 5.75 Å². The highest BCUT2D eigenvalue weighted by Crippen LogP contribution is 2.22. The van der Waals surface area contributed by atoms with E-state index in [-0.39, 0.29) is 5.78 Å². The number of carbonyl (C=O) groups excluding carboxylic acids is 1. The zero-order valence-corrected chi connectivity index (χ0v) is 12.1. The van der Waals surface area contributed by atoms with Crippen LogP contribution in [0.25, 0.3) is 6.08 Å². The van der Waals surface area contributed by atoms with Gasteiger partial charge in [0.25, 0.3) is 0 Å². The van der Waals surface area contributed by atoms with Crippen LogP contribution in [0.5, 0.6) is 5.75 Å². The zero-order chi connectivity index (χ0) is 13.0. The number of hydrogen-bond acceptors (Lipinski definition) is 3. The van der Waals surface area contributed by atoms with Crippen molar-refractivity contribution in [1.82, 2.24) is 0 Å². The van der Waals surface area contributed by atoms with Crippen LogP contribution in [0.15, 0.2) is 46.3 Å². The first-order valence-electron chi connectivity index (χ1n) is 5.30. The fraction of sp³-hybridized carbons (Fsp3) is 0.0714. The van der Waals surface area contributed by atoms with E-state index in [9.17, 15) is 4.79 Å². The lowest BCUT2D eigenvalue weighted by atomic mass is 10.1. The molecule has 0 aliphatic rings. The Labute approximate surface area is 118 Å². The van der Waals surface area contributed by atoms with E-state index in [2.05, 4.69) is 15.9 Å². The van der Waals surface area contributed by atoms with Crippen LogP contribution in [-0.2, 0) is 0 Å². The number of methoxy groups -OCH3 is 1. The average molecular weight is 323 g/mol. The highest BCUT2D eigenvalue weighted by atomic mass is 79.9. The molecular formula is C14H11BrO2S. The van der Waals surface area contributed by atoms with Crippen LogP contribution in [0.3, 0.4) is 0 Å². The van der Waals surface area contributed by atoms with Gasteiger partial charge < -0.3 is 4.74 Å². The number of halogens is 1. The average Bonchev–Trinajstić information content (AvgIpc) is 2.81. The summed E-state index contributed by atoms with van der Waals surface area (Å²) in [6.45, 7) is 0. The molecule has 2 nitrogen and oxygen atoms in total. The van der Waals surface area contributed by atoms with Crippen molar-refractivity contribution in [2.45, 2.75) is 0 Å². The van der Waals surface area contributed by atoms with Crippen LogP contribution in [0.4, 0.5) is 0 Å². The molecule has 0 spiro atoms. The highest BCUT2D eigenvalue weighted by Gasteiger charge is 2.08. The molecule has 1 aromatic heterocycles. The molecule has 4 heteroatoms. The quantitative estimate of drug-likeness (QED) is 0.615. The van der Waals surface area contributed by atoms with Gasteiger partial charge in [-0.3, -0.25) is 4.79 Å². The Morgan fingerprint density at radius 2 is 2.17 bits per heavy atom. The van der Waals surface area contributed by atoms with Crippen LogP contribution >= 0.6 is 27.3 Å². The molecule has 0 bridgehead atoms. The van der Waals surface area contributed by atoms with Gasteiger partial charge in [-0.2, -0.15) is 0 Å². The maximum Gasteiger partial charge on any atom is 0.189 e. The topological polar surface area (TPSA) is 26.3 Å². The van der Waals surface area contributed by atoms with Gasteiger partial charge in [0.15, 0.2) is 5.78 Å². The molecule has 1 heterocycles. The van der Waals surface area contributed by atoms with Gasteiger partial charge in [0, 0.05) is 14.7 Å². The Morgan fingerprint density at radius 1 is 1.39 bits per heavy atom. The minimum absolute atomic E-state index is 0.0584. The number of rotatable bonds is 4. The van der Waals surface area contributed by atoms with Crippen LogP contribution in [0, 0.1) is 0 Å². The molecule has 0 aliphatic carbocycles. The number of ketones is 1. The zero-order valence-electron chi connectivity index (χ0n) is 9.72. The highest BCUT2D eigenvalue weighted by molar-refractivity contribution is 9.10. The summed E-state index contributed by atoms with van der Waals surface area (Å²) in [6.07, 6.45) is 3.38. The van der Waals surface area contributed by atoms with Crippen LogP contribution in [0.2, 0.25) is 0 Å². The molecule has 1 aromatic carbocycles. The second-order valence-corrected chi connectivity index (χ2v) is 5.42. The summed E-state index contributed by atoms with van der Waals surface area (Å²) in [6, 6.07) is 9.18. The normalized spacial score (nSPS) is 10.8. The van der Waals surface area contributed by atoms with Gasteiger partial charge in [0.05, 0.1) is 12.7 Å². The van der Waals surface area contributed by atoms with Crippen molar-refractivity contribution in [2.75, 3.05) is 7.11 Å². The smallest absolute Gasteiger partial charge is 0.189 e. The maximum atomic E-state index is 12.0. The van der Waals surface area contributed by atoms with Gasteiger partial charge in [-0.25, -0.2) is 0 Å². The van der Waals surface area contributed by atoms with Crippen molar-refractivity contribution in [3.8, 4) is 5.75 Å². The minimum Gasteiger partial charge on any atom is -0.496 e. The minimum atomic E-state index is -0.0584. The lowest BCUT2D eigenvalue weighted by Crippen LogP contribution is -1.98. The molecule has 18 heavy (non-hydrogen) atoms. The number of thiophene rings is 1. The van der Waals surface area contributed by atoms with Gasteiger partial charge >= 0.3 is 0 Å². The number of ether oxygens (including phenoxy) is 1. The third-order valence-corrected chi connectivity index (χ3v) is 4.02. The second kappa shape index (κ2) is 5.98. The van der Waals surface area contributed by atoms with Crippen LogP contribution < -0.4 is 4.74 Å². The van der Waals surface area contributed by atoms with Crippen LogP contribution in [0.1, 0.15) is 15.2 Å². The Morgan fingerprint density at radius 3 is 2.83 bits per heavy atom. The third-order valence-electron chi connectivity index (χ3n) is 2.36. The Hall–Kier alpha value is -1.39. The molecule has 0 atom stereocenters. The Bertz CT molecular complexity index is 587. The van der Waals surface area contributed by atoms with E-state index in [1.807, 2.05) is 29.7 Å². The second-order valence-electron chi connectivity index (χ2n) is 3.57. The third kappa shape index (κ3) is 3.09. The van der Waals surface area contributed by atoms with Gasteiger partial charge in [-0.15, -0.1) is 11.3 Å². The van der Waals surface area contributed by atoms with E-state index in [0.717, 1.165) is 9.35 Å². The van der Waals surface area contributed by atoms with Crippen molar-refractivity contribution >= 4 is 39.1 Å². The first-order chi connectivity index (χ1) is 8.70. The largest absolute Gasteiger partial charge is 0.496 e. The molecule has 2 rings (SSSR count). The van der Waals surface area contributed by atoms with E-state index >= 15 is 0 Å². The molecule has 0 saturated carbocycles. The summed E-state index contributed by atoms with van der Waals surface area (Å²) in [5.41, 5.74) is 0.576. The van der Waals surface area contributed by atoms with E-state index in [1.165, 1.54) is 0 Å². The molecule has 0 saturated heterocycles. The van der Waals surface area contributed by atoms with Gasteiger partial charge in [0.2, 0.25) is 0 Å². The summed E-state index contributed by atoms with van der Waals surface area (Å²) >= 11 is 4.96.